The van der Waals surface area contributed by atoms with Gasteiger partial charge in [-0.15, -0.1) is 0 Å². The predicted molar refractivity (Wildman–Crippen MR) is 50.3 cm³/mol. The Morgan fingerprint density at radius 1 is 1.69 bits per heavy atom. The molecule has 1 atom stereocenters. The number of carbonyl (C=O) groups is 1. The minimum atomic E-state index is -0.608. The smallest absolute Gasteiger partial charge is 0.324 e. The topological polar surface area (TPSA) is 58.6 Å². The number of hydrogen-bond acceptors (Lipinski definition) is 4. The van der Waals surface area contributed by atoms with Crippen LogP contribution in [0.5, 0.6) is 0 Å². The van der Waals surface area contributed by atoms with Crippen LogP contribution in [0.2, 0.25) is 0 Å². The number of esters is 1. The van der Waals surface area contributed by atoms with Crippen molar-refractivity contribution >= 4 is 17.7 Å². The molecule has 0 aromatic carbocycles. The molecule has 0 radical (unpaired) electrons. The van der Waals surface area contributed by atoms with Crippen LogP contribution >= 0.6 is 11.8 Å². The van der Waals surface area contributed by atoms with Crippen molar-refractivity contribution < 1.29 is 14.6 Å². The van der Waals surface area contributed by atoms with Crippen molar-refractivity contribution in [2.24, 2.45) is 0 Å². The molecule has 0 aromatic heterocycles. The van der Waals surface area contributed by atoms with Crippen LogP contribution in [0.3, 0.4) is 0 Å². The van der Waals surface area contributed by atoms with Crippen LogP contribution in [-0.4, -0.2) is 30.3 Å². The minimum absolute atomic E-state index is 0.0900. The first-order valence-electron chi connectivity index (χ1n) is 4.39. The summed E-state index contributed by atoms with van der Waals surface area (Å²) in [6, 6.07) is -0.608. The molecule has 0 unspecified atom stereocenters. The number of nitrogens with one attached hydrogen (secondary N) is 1. The Hall–Kier alpha value is -0.320. The summed E-state index contributed by atoms with van der Waals surface area (Å²) in [5.41, 5.74) is 0. The van der Waals surface area contributed by atoms with Gasteiger partial charge in [0.2, 0.25) is 0 Å². The van der Waals surface area contributed by atoms with Gasteiger partial charge in [0.05, 0.1) is 6.61 Å². The molecule has 5 heteroatoms. The molecule has 0 rings (SSSR count). The van der Waals surface area contributed by atoms with E-state index in [1.54, 1.807) is 0 Å². The van der Waals surface area contributed by atoms with Gasteiger partial charge in [0.1, 0.15) is 6.04 Å². The van der Waals surface area contributed by atoms with Gasteiger partial charge in [-0.25, -0.2) is 4.84 Å². The van der Waals surface area contributed by atoms with Crippen LogP contribution in [0, 0.1) is 0 Å². The summed E-state index contributed by atoms with van der Waals surface area (Å²) in [5, 5.41) is 8.58. The van der Waals surface area contributed by atoms with Gasteiger partial charge < -0.3 is 9.84 Å². The number of hydrogen-bond donors (Lipinski definition) is 2. The van der Waals surface area contributed by atoms with Crippen LogP contribution in [0.4, 0.5) is 0 Å². The average molecular weight is 210 g/mol. The van der Waals surface area contributed by atoms with E-state index in [1.165, 1.54) is 0 Å². The molecule has 0 spiro atoms. The maximum absolute atomic E-state index is 11.2. The highest BCUT2D eigenvalue weighted by molar-refractivity contribution is 6.14. The first-order valence-corrected chi connectivity index (χ1v) is 4.77. The standard InChI is InChI=1S/C8H16ClNO3/c1-2-3-6-13-8(12)7(10-9)4-5-11/h7,10-11H,2-6H2,1H3/t7-/m0/s1. The molecule has 0 fully saturated rings. The van der Waals surface area contributed by atoms with E-state index < -0.39 is 12.0 Å². The molecule has 0 aliphatic carbocycles. The summed E-state index contributed by atoms with van der Waals surface area (Å²) in [7, 11) is 0. The molecule has 0 aromatic rings. The molecule has 0 aliphatic rings. The fourth-order valence-electron chi connectivity index (χ4n) is 0.764. The molecule has 78 valence electrons. The SMILES string of the molecule is CCCCOC(=O)[C@H](CCO)NCl. The maximum atomic E-state index is 11.2. The lowest BCUT2D eigenvalue weighted by atomic mass is 10.2. The molecule has 13 heavy (non-hydrogen) atoms. The summed E-state index contributed by atoms with van der Waals surface area (Å²) in [5.74, 6) is -0.405. The van der Waals surface area contributed by atoms with Crippen molar-refractivity contribution in [1.29, 1.82) is 0 Å². The van der Waals surface area contributed by atoms with Crippen LogP contribution in [0.1, 0.15) is 26.2 Å². The van der Waals surface area contributed by atoms with E-state index in [2.05, 4.69) is 4.84 Å². The van der Waals surface area contributed by atoms with Gasteiger partial charge in [-0.05, 0) is 24.6 Å². The van der Waals surface area contributed by atoms with Crippen molar-refractivity contribution in [3.63, 3.8) is 0 Å². The highest BCUT2D eigenvalue weighted by atomic mass is 35.5. The van der Waals surface area contributed by atoms with Gasteiger partial charge in [0.25, 0.3) is 0 Å². The number of ether oxygens (including phenoxy) is 1. The van der Waals surface area contributed by atoms with Gasteiger partial charge in [-0.3, -0.25) is 4.79 Å². The second kappa shape index (κ2) is 8.29. The van der Waals surface area contributed by atoms with E-state index in [4.69, 9.17) is 21.6 Å². The zero-order chi connectivity index (χ0) is 10.1. The molecule has 0 amide bonds. The Balaban J connectivity index is 3.64. The Morgan fingerprint density at radius 2 is 2.38 bits per heavy atom. The van der Waals surface area contributed by atoms with Gasteiger partial charge in [0, 0.05) is 6.61 Å². The molecule has 0 heterocycles. The summed E-state index contributed by atoms with van der Waals surface area (Å²) in [6.45, 7) is 2.34. The lowest BCUT2D eigenvalue weighted by Crippen LogP contribution is -2.33. The summed E-state index contributed by atoms with van der Waals surface area (Å²) in [4.78, 5) is 13.4. The molecule has 0 saturated heterocycles. The van der Waals surface area contributed by atoms with Crippen molar-refractivity contribution in [2.75, 3.05) is 13.2 Å². The number of unbranched alkanes of at least 4 members (excludes halogenated alkanes) is 1. The summed E-state index contributed by atoms with van der Waals surface area (Å²) < 4.78 is 4.89. The third-order valence-electron chi connectivity index (χ3n) is 1.58. The normalized spacial score (nSPS) is 12.5. The Bertz CT molecular complexity index is 143. The van der Waals surface area contributed by atoms with Crippen LogP contribution in [0.25, 0.3) is 0 Å². The van der Waals surface area contributed by atoms with E-state index >= 15 is 0 Å². The largest absolute Gasteiger partial charge is 0.464 e. The third-order valence-corrected chi connectivity index (χ3v) is 1.84. The lowest BCUT2D eigenvalue weighted by Gasteiger charge is -2.11. The first-order chi connectivity index (χ1) is 6.26. The quantitative estimate of drug-likeness (QED) is 0.370. The Labute approximate surface area is 83.3 Å². The zero-order valence-electron chi connectivity index (χ0n) is 7.75. The fourth-order valence-corrected chi connectivity index (χ4v) is 0.962. The highest BCUT2D eigenvalue weighted by Gasteiger charge is 2.17. The van der Waals surface area contributed by atoms with E-state index in [1.807, 2.05) is 6.92 Å². The molecule has 2 N–H and O–H groups in total. The monoisotopic (exact) mass is 209 g/mol. The second-order valence-electron chi connectivity index (χ2n) is 2.70. The molecule has 0 saturated carbocycles. The van der Waals surface area contributed by atoms with Crippen LogP contribution < -0.4 is 4.84 Å². The van der Waals surface area contributed by atoms with E-state index in [-0.39, 0.29) is 13.0 Å². The number of halogens is 1. The van der Waals surface area contributed by atoms with Crippen LogP contribution in [0.15, 0.2) is 0 Å². The predicted octanol–water partition coefficient (Wildman–Crippen LogP) is 0.824. The minimum Gasteiger partial charge on any atom is -0.464 e. The number of carbonyl (C=O) groups excluding carboxylic acids is 1. The molecule has 0 bridgehead atoms. The van der Waals surface area contributed by atoms with Crippen molar-refractivity contribution in [3.05, 3.63) is 0 Å². The van der Waals surface area contributed by atoms with E-state index in [9.17, 15) is 4.79 Å². The summed E-state index contributed by atoms with van der Waals surface area (Å²) in [6.07, 6.45) is 2.10. The maximum Gasteiger partial charge on any atom is 0.324 e. The number of rotatable bonds is 7. The van der Waals surface area contributed by atoms with Crippen LogP contribution in [-0.2, 0) is 9.53 Å². The lowest BCUT2D eigenvalue weighted by molar-refractivity contribution is -0.146. The van der Waals surface area contributed by atoms with Crippen molar-refractivity contribution in [2.45, 2.75) is 32.2 Å². The number of aliphatic hydroxyl groups is 1. The molecular weight excluding hydrogens is 194 g/mol. The third kappa shape index (κ3) is 5.85. The first kappa shape index (κ1) is 12.7. The second-order valence-corrected chi connectivity index (χ2v) is 2.91. The van der Waals surface area contributed by atoms with Gasteiger partial charge in [-0.2, -0.15) is 0 Å². The number of aliphatic hydroxyl groups excluding tert-OH is 1. The highest BCUT2D eigenvalue weighted by Crippen LogP contribution is 1.98. The van der Waals surface area contributed by atoms with Gasteiger partial charge in [0.15, 0.2) is 0 Å². The fraction of sp³-hybridized carbons (Fsp3) is 0.875. The van der Waals surface area contributed by atoms with E-state index in [0.717, 1.165) is 12.8 Å². The average Bonchev–Trinajstić information content (AvgIpc) is 2.14. The summed E-state index contributed by atoms with van der Waals surface area (Å²) >= 11 is 5.29. The molecular formula is C8H16ClNO3. The zero-order valence-corrected chi connectivity index (χ0v) is 8.51. The van der Waals surface area contributed by atoms with Crippen molar-refractivity contribution in [1.82, 2.24) is 4.84 Å². The molecule has 4 nitrogen and oxygen atoms in total. The Kier molecular flexibility index (Phi) is 8.08. The van der Waals surface area contributed by atoms with E-state index in [0.29, 0.717) is 6.61 Å². The van der Waals surface area contributed by atoms with Gasteiger partial charge in [-0.1, -0.05) is 13.3 Å². The Morgan fingerprint density at radius 3 is 2.85 bits per heavy atom. The van der Waals surface area contributed by atoms with Crippen molar-refractivity contribution in [3.8, 4) is 0 Å². The molecule has 0 aliphatic heterocycles. The van der Waals surface area contributed by atoms with Gasteiger partial charge >= 0.3 is 5.97 Å².